The lowest BCUT2D eigenvalue weighted by molar-refractivity contribution is -0.160. The fraction of sp³-hybridized carbons (Fsp3) is 0.357. The van der Waals surface area contributed by atoms with Crippen LogP contribution in [-0.4, -0.2) is 45.4 Å². The number of carbonyl (C=O) groups excluding carboxylic acids is 2. The van der Waals surface area contributed by atoms with Gasteiger partial charge in [-0.1, -0.05) is 12.1 Å². The van der Waals surface area contributed by atoms with E-state index in [-0.39, 0.29) is 30.3 Å². The second kappa shape index (κ2) is 5.99. The highest BCUT2D eigenvalue weighted by atomic mass is 32.2. The van der Waals surface area contributed by atoms with Gasteiger partial charge in [0.05, 0.1) is 24.5 Å². The fourth-order valence-electron chi connectivity index (χ4n) is 2.31. The highest BCUT2D eigenvalue weighted by molar-refractivity contribution is 7.90. The van der Waals surface area contributed by atoms with Crippen molar-refractivity contribution in [3.63, 3.8) is 0 Å². The third-order valence-corrected chi connectivity index (χ3v) is 4.81. The van der Waals surface area contributed by atoms with Gasteiger partial charge >= 0.3 is 11.9 Å². The first-order valence-corrected chi connectivity index (χ1v) is 8.48. The standard InChI is InChI=1S/C14H14N2O6S/c17-12(22-10-6-8-21-14(10)18)5-7-15-13-9-3-1-2-4-11(9)23(19,20)16-13/h1-4,10H,5-8H2,(H,15,16)/t10-/m1/s1. The normalized spacial score (nSPS) is 23.2. The van der Waals surface area contributed by atoms with Gasteiger partial charge < -0.3 is 9.47 Å². The molecule has 0 amide bonds. The maximum atomic E-state index is 11.9. The number of hydrogen-bond donors (Lipinski definition) is 1. The molecule has 8 nitrogen and oxygen atoms in total. The van der Waals surface area contributed by atoms with Crippen LogP contribution in [0.25, 0.3) is 0 Å². The van der Waals surface area contributed by atoms with Crippen LogP contribution in [0.2, 0.25) is 0 Å². The van der Waals surface area contributed by atoms with Crippen molar-refractivity contribution in [2.75, 3.05) is 13.2 Å². The molecule has 1 saturated heterocycles. The average Bonchev–Trinajstić information content (AvgIpc) is 3.02. The summed E-state index contributed by atoms with van der Waals surface area (Å²) >= 11 is 0. The minimum Gasteiger partial charge on any atom is -0.463 e. The third kappa shape index (κ3) is 3.19. The van der Waals surface area contributed by atoms with Gasteiger partial charge in [0.25, 0.3) is 10.0 Å². The van der Waals surface area contributed by atoms with Crippen LogP contribution in [0.3, 0.4) is 0 Å². The zero-order valence-corrected chi connectivity index (χ0v) is 12.8. The smallest absolute Gasteiger partial charge is 0.347 e. The number of esters is 2. The summed E-state index contributed by atoms with van der Waals surface area (Å²) in [5.74, 6) is -0.914. The molecule has 0 aromatic heterocycles. The predicted molar refractivity (Wildman–Crippen MR) is 78.2 cm³/mol. The molecule has 2 heterocycles. The molecule has 23 heavy (non-hydrogen) atoms. The van der Waals surface area contributed by atoms with Crippen molar-refractivity contribution in [3.05, 3.63) is 29.8 Å². The summed E-state index contributed by atoms with van der Waals surface area (Å²) < 4.78 is 35.8. The lowest BCUT2D eigenvalue weighted by Crippen LogP contribution is -2.24. The van der Waals surface area contributed by atoms with E-state index < -0.39 is 28.1 Å². The van der Waals surface area contributed by atoms with Crippen molar-refractivity contribution in [1.29, 1.82) is 0 Å². The van der Waals surface area contributed by atoms with Gasteiger partial charge in [0, 0.05) is 12.0 Å². The van der Waals surface area contributed by atoms with Crippen LogP contribution in [0.15, 0.2) is 34.2 Å². The third-order valence-electron chi connectivity index (χ3n) is 3.41. The van der Waals surface area contributed by atoms with Crippen LogP contribution in [-0.2, 0) is 29.1 Å². The highest BCUT2D eigenvalue weighted by Gasteiger charge is 2.31. The van der Waals surface area contributed by atoms with Crippen molar-refractivity contribution < 1.29 is 27.5 Å². The van der Waals surface area contributed by atoms with E-state index in [2.05, 4.69) is 9.71 Å². The molecule has 3 rings (SSSR count). The molecular weight excluding hydrogens is 324 g/mol. The van der Waals surface area contributed by atoms with Gasteiger partial charge in [0.2, 0.25) is 6.10 Å². The van der Waals surface area contributed by atoms with E-state index in [0.717, 1.165) is 0 Å². The molecule has 0 bridgehead atoms. The Kier molecular flexibility index (Phi) is 4.03. The Morgan fingerprint density at radius 2 is 2.17 bits per heavy atom. The number of rotatable bonds is 4. The largest absolute Gasteiger partial charge is 0.463 e. The highest BCUT2D eigenvalue weighted by Crippen LogP contribution is 2.22. The zero-order valence-electron chi connectivity index (χ0n) is 12.0. The Morgan fingerprint density at radius 1 is 1.39 bits per heavy atom. The summed E-state index contributed by atoms with van der Waals surface area (Å²) in [6, 6.07) is 6.45. The van der Waals surface area contributed by atoms with Crippen molar-refractivity contribution in [1.82, 2.24) is 4.72 Å². The SMILES string of the molecule is O=C(CCN=C1NS(=O)(=O)c2ccccc21)O[C@@H]1CCOC1=O. The Bertz CT molecular complexity index is 786. The summed E-state index contributed by atoms with van der Waals surface area (Å²) in [4.78, 5) is 27.1. The number of cyclic esters (lactones) is 1. The van der Waals surface area contributed by atoms with Gasteiger partial charge in [-0.25, -0.2) is 13.2 Å². The molecule has 9 heteroatoms. The second-order valence-electron chi connectivity index (χ2n) is 5.02. The molecule has 1 aromatic rings. The van der Waals surface area contributed by atoms with Crippen LogP contribution >= 0.6 is 0 Å². The average molecular weight is 338 g/mol. The van der Waals surface area contributed by atoms with Crippen LogP contribution in [0.4, 0.5) is 0 Å². The Morgan fingerprint density at radius 3 is 2.91 bits per heavy atom. The van der Waals surface area contributed by atoms with Crippen molar-refractivity contribution in [2.45, 2.75) is 23.8 Å². The lowest BCUT2D eigenvalue weighted by Gasteiger charge is -2.07. The van der Waals surface area contributed by atoms with Crippen LogP contribution < -0.4 is 4.72 Å². The minimum atomic E-state index is -3.59. The number of fused-ring (bicyclic) bond motifs is 1. The Balaban J connectivity index is 1.61. The van der Waals surface area contributed by atoms with Gasteiger partial charge in [0.15, 0.2) is 0 Å². The van der Waals surface area contributed by atoms with Crippen LogP contribution in [0, 0.1) is 0 Å². The van der Waals surface area contributed by atoms with E-state index in [9.17, 15) is 18.0 Å². The number of hydrogen-bond acceptors (Lipinski definition) is 7. The fourth-order valence-corrected chi connectivity index (χ4v) is 3.56. The molecule has 122 valence electrons. The summed E-state index contributed by atoms with van der Waals surface area (Å²) in [7, 11) is -3.59. The monoisotopic (exact) mass is 338 g/mol. The molecule has 1 fully saturated rings. The molecule has 0 spiro atoms. The number of aliphatic imine (C=N–C) groups is 1. The van der Waals surface area contributed by atoms with Gasteiger partial charge in [-0.05, 0) is 12.1 Å². The van der Waals surface area contributed by atoms with E-state index in [4.69, 9.17) is 9.47 Å². The Hall–Kier alpha value is -2.42. The molecule has 2 aliphatic heterocycles. The van der Waals surface area contributed by atoms with E-state index in [1.165, 1.54) is 6.07 Å². The van der Waals surface area contributed by atoms with Gasteiger partial charge in [-0.3, -0.25) is 14.5 Å². The first-order valence-electron chi connectivity index (χ1n) is 7.00. The molecule has 0 saturated carbocycles. The molecule has 0 unspecified atom stereocenters. The first-order chi connectivity index (χ1) is 11.0. The number of ether oxygens (including phenoxy) is 2. The van der Waals surface area contributed by atoms with Crippen molar-refractivity contribution in [3.8, 4) is 0 Å². The van der Waals surface area contributed by atoms with Gasteiger partial charge in [0.1, 0.15) is 5.84 Å². The molecule has 1 aromatic carbocycles. The molecular formula is C14H14N2O6S. The number of amidine groups is 1. The van der Waals surface area contributed by atoms with Crippen molar-refractivity contribution in [2.24, 2.45) is 4.99 Å². The summed E-state index contributed by atoms with van der Waals surface area (Å²) in [5.41, 5.74) is 0.472. The summed E-state index contributed by atoms with van der Waals surface area (Å²) in [5, 5.41) is 0. The van der Waals surface area contributed by atoms with Crippen molar-refractivity contribution >= 4 is 27.8 Å². The summed E-state index contributed by atoms with van der Waals surface area (Å²) in [6.07, 6.45) is -0.551. The molecule has 1 atom stereocenters. The van der Waals surface area contributed by atoms with E-state index in [1.54, 1.807) is 18.2 Å². The predicted octanol–water partition coefficient (Wildman–Crippen LogP) is -0.0261. The van der Waals surface area contributed by atoms with E-state index in [0.29, 0.717) is 12.0 Å². The molecule has 0 radical (unpaired) electrons. The number of nitrogens with one attached hydrogen (secondary N) is 1. The number of carbonyl (C=O) groups is 2. The van der Waals surface area contributed by atoms with Gasteiger partial charge in [-0.2, -0.15) is 0 Å². The number of sulfonamides is 1. The Labute approximate surface area is 132 Å². The molecule has 1 N–H and O–H groups in total. The van der Waals surface area contributed by atoms with Gasteiger partial charge in [-0.15, -0.1) is 0 Å². The zero-order chi connectivity index (χ0) is 16.4. The second-order valence-corrected chi connectivity index (χ2v) is 6.67. The summed E-state index contributed by atoms with van der Waals surface area (Å²) in [6.45, 7) is 0.296. The van der Waals surface area contributed by atoms with Crippen LogP contribution in [0.1, 0.15) is 18.4 Å². The number of nitrogens with zero attached hydrogens (tertiary/aromatic N) is 1. The van der Waals surface area contributed by atoms with E-state index >= 15 is 0 Å². The lowest BCUT2D eigenvalue weighted by atomic mass is 10.2. The molecule has 2 aliphatic rings. The number of benzene rings is 1. The maximum Gasteiger partial charge on any atom is 0.347 e. The van der Waals surface area contributed by atoms with Crippen LogP contribution in [0.5, 0.6) is 0 Å². The maximum absolute atomic E-state index is 11.9. The topological polar surface area (TPSA) is 111 Å². The molecule has 0 aliphatic carbocycles. The minimum absolute atomic E-state index is 0.0484. The quantitative estimate of drug-likeness (QED) is 0.772. The first kappa shape index (κ1) is 15.5. The van der Waals surface area contributed by atoms with E-state index in [1.807, 2.05) is 0 Å².